The van der Waals surface area contributed by atoms with E-state index in [2.05, 4.69) is 20.7 Å². The monoisotopic (exact) mass is 378 g/mol. The Morgan fingerprint density at radius 3 is 1.96 bits per heavy atom. The van der Waals surface area contributed by atoms with Gasteiger partial charge in [-0.25, -0.2) is 4.79 Å². The van der Waals surface area contributed by atoms with E-state index in [4.69, 9.17) is 9.29 Å². The van der Waals surface area contributed by atoms with Gasteiger partial charge in [0.15, 0.2) is 0 Å². The molecule has 148 valence electrons. The van der Waals surface area contributed by atoms with Crippen LogP contribution >= 0.6 is 0 Å². The minimum absolute atomic E-state index is 0.156. The third kappa shape index (κ3) is 16.3. The van der Waals surface area contributed by atoms with E-state index in [-0.39, 0.29) is 11.7 Å². The van der Waals surface area contributed by atoms with E-state index in [1.165, 1.54) is 19.3 Å². The van der Waals surface area contributed by atoms with Crippen molar-refractivity contribution in [3.8, 4) is 0 Å². The van der Waals surface area contributed by atoms with Gasteiger partial charge in [0.2, 0.25) is 0 Å². The Balaban J connectivity index is 3.50. The van der Waals surface area contributed by atoms with Gasteiger partial charge in [-0.3, -0.25) is 4.55 Å². The number of nitrogens with zero attached hydrogens (tertiary/aromatic N) is 1. The van der Waals surface area contributed by atoms with Gasteiger partial charge < -0.3 is 9.22 Å². The average Bonchev–Trinajstić information content (AvgIpc) is 2.47. The molecule has 0 aliphatic heterocycles. The van der Waals surface area contributed by atoms with Gasteiger partial charge >= 0.3 is 5.97 Å². The molecule has 1 N–H and O–H groups in total. The molecule has 0 amide bonds. The van der Waals surface area contributed by atoms with Crippen LogP contribution in [-0.2, 0) is 19.6 Å². The van der Waals surface area contributed by atoms with Gasteiger partial charge in [-0.2, -0.15) is 8.42 Å². The molecule has 0 bridgehead atoms. The highest BCUT2D eigenvalue weighted by atomic mass is 32.2. The van der Waals surface area contributed by atoms with Gasteiger partial charge in [-0.05, 0) is 26.2 Å². The van der Waals surface area contributed by atoms with Crippen LogP contribution in [-0.4, -0.2) is 63.0 Å². The summed E-state index contributed by atoms with van der Waals surface area (Å²) in [6, 6.07) is 0. The normalized spacial score (nSPS) is 12.2. The van der Waals surface area contributed by atoms with Crippen molar-refractivity contribution in [2.24, 2.45) is 0 Å². The second kappa shape index (κ2) is 12.4. The highest BCUT2D eigenvalue weighted by molar-refractivity contribution is 7.85. The number of quaternary nitrogens is 1. The lowest BCUT2D eigenvalue weighted by molar-refractivity contribution is -0.890. The zero-order valence-corrected chi connectivity index (χ0v) is 16.9. The first-order chi connectivity index (χ1) is 11.5. The summed E-state index contributed by atoms with van der Waals surface area (Å²) in [5.74, 6) is -0.464. The second-order valence-corrected chi connectivity index (χ2v) is 8.99. The molecule has 7 heteroatoms. The van der Waals surface area contributed by atoms with Crippen LogP contribution in [0.25, 0.3) is 0 Å². The molecule has 0 aliphatic rings. The number of ether oxygens (including phenoxy) is 1. The number of carbonyl (C=O) groups is 1. The lowest BCUT2D eigenvalue weighted by atomic mass is 10.1. The zero-order chi connectivity index (χ0) is 19.3. The number of hydrogen-bond acceptors (Lipinski definition) is 4. The minimum Gasteiger partial charge on any atom is -0.462 e. The zero-order valence-electron chi connectivity index (χ0n) is 16.1. The Hall–Kier alpha value is -0.920. The summed E-state index contributed by atoms with van der Waals surface area (Å²) in [6.07, 6.45) is 8.28. The Morgan fingerprint density at radius 2 is 1.44 bits per heavy atom. The van der Waals surface area contributed by atoms with Gasteiger partial charge in [0, 0.05) is 12.0 Å². The van der Waals surface area contributed by atoms with Gasteiger partial charge in [-0.15, -0.1) is 0 Å². The predicted octanol–water partition coefficient (Wildman–Crippen LogP) is 3.19. The third-order valence-corrected chi connectivity index (χ3v) is 4.96. The molecular formula is C18H36NO5S+. The van der Waals surface area contributed by atoms with Crippen molar-refractivity contribution in [2.45, 2.75) is 58.3 Å². The molecule has 0 aliphatic carbocycles. The molecular weight excluding hydrogens is 342 g/mol. The summed E-state index contributed by atoms with van der Waals surface area (Å²) < 4.78 is 36.0. The molecule has 0 unspecified atom stereocenters. The Morgan fingerprint density at radius 1 is 0.960 bits per heavy atom. The summed E-state index contributed by atoms with van der Waals surface area (Å²) in [7, 11) is 0.347. The van der Waals surface area contributed by atoms with E-state index in [1.807, 2.05) is 0 Å². The quantitative estimate of drug-likeness (QED) is 0.156. The van der Waals surface area contributed by atoms with Crippen molar-refractivity contribution in [1.82, 2.24) is 0 Å². The van der Waals surface area contributed by atoms with Crippen molar-refractivity contribution in [3.05, 3.63) is 12.2 Å². The molecule has 0 spiro atoms. The van der Waals surface area contributed by atoms with Crippen LogP contribution in [0.3, 0.4) is 0 Å². The smallest absolute Gasteiger partial charge is 0.333 e. The highest BCUT2D eigenvalue weighted by Crippen LogP contribution is 2.10. The van der Waals surface area contributed by atoms with Crippen LogP contribution in [0, 0.1) is 0 Å². The summed E-state index contributed by atoms with van der Waals surface area (Å²) in [5.41, 5.74) is 0.444. The van der Waals surface area contributed by atoms with Crippen LogP contribution in [0.5, 0.6) is 0 Å². The topological polar surface area (TPSA) is 80.7 Å². The van der Waals surface area contributed by atoms with Gasteiger partial charge in [-0.1, -0.05) is 32.3 Å². The molecule has 0 saturated carbocycles. The third-order valence-electron chi connectivity index (χ3n) is 4.16. The molecule has 0 atom stereocenters. The fraction of sp³-hybridized carbons (Fsp3) is 0.833. The van der Waals surface area contributed by atoms with E-state index < -0.39 is 10.1 Å². The van der Waals surface area contributed by atoms with Gasteiger partial charge in [0.05, 0.1) is 39.5 Å². The van der Waals surface area contributed by atoms with E-state index in [0.717, 1.165) is 43.3 Å². The molecule has 0 aromatic heterocycles. The van der Waals surface area contributed by atoms with E-state index in [0.29, 0.717) is 18.6 Å². The molecule has 0 radical (unpaired) electrons. The maximum atomic E-state index is 11.2. The highest BCUT2D eigenvalue weighted by Gasteiger charge is 2.16. The van der Waals surface area contributed by atoms with Crippen LogP contribution in [0.1, 0.15) is 58.3 Å². The van der Waals surface area contributed by atoms with Gasteiger partial charge in [0.1, 0.15) is 0 Å². The van der Waals surface area contributed by atoms with Crippen molar-refractivity contribution in [3.63, 3.8) is 0 Å². The Kier molecular flexibility index (Phi) is 12.0. The maximum absolute atomic E-state index is 11.2. The SMILES string of the molecule is C=C(C)C(=O)OCCCCCCCCC[N+](C)(C)CCCS(=O)(=O)O. The lowest BCUT2D eigenvalue weighted by Crippen LogP contribution is -2.41. The number of unbranched alkanes of at least 4 members (excludes halogenated alkanes) is 6. The molecule has 0 aromatic carbocycles. The minimum atomic E-state index is -3.84. The van der Waals surface area contributed by atoms with Gasteiger partial charge in [0.25, 0.3) is 10.1 Å². The van der Waals surface area contributed by atoms with Crippen molar-refractivity contribution >= 4 is 16.1 Å². The number of carbonyl (C=O) groups excluding carboxylic acids is 1. The van der Waals surface area contributed by atoms with Crippen LogP contribution < -0.4 is 0 Å². The molecule has 0 aromatic rings. The Bertz CT molecular complexity index is 500. The van der Waals surface area contributed by atoms with Crippen LogP contribution in [0.15, 0.2) is 12.2 Å². The Labute approximate surface area is 153 Å². The van der Waals surface area contributed by atoms with Crippen molar-refractivity contribution in [2.75, 3.05) is 39.5 Å². The van der Waals surface area contributed by atoms with Crippen LogP contribution in [0.2, 0.25) is 0 Å². The molecule has 0 heterocycles. The molecule has 0 rings (SSSR count). The van der Waals surface area contributed by atoms with Crippen molar-refractivity contribution < 1.29 is 27.0 Å². The number of hydrogen-bond donors (Lipinski definition) is 1. The van der Waals surface area contributed by atoms with E-state index in [1.54, 1.807) is 6.92 Å². The second-order valence-electron chi connectivity index (χ2n) is 7.41. The molecule has 6 nitrogen and oxygen atoms in total. The summed E-state index contributed by atoms with van der Waals surface area (Å²) in [6.45, 7) is 7.43. The van der Waals surface area contributed by atoms with Crippen LogP contribution in [0.4, 0.5) is 0 Å². The predicted molar refractivity (Wildman–Crippen MR) is 101 cm³/mol. The fourth-order valence-corrected chi connectivity index (χ4v) is 3.09. The first-order valence-electron chi connectivity index (χ1n) is 9.13. The fourth-order valence-electron chi connectivity index (χ4n) is 2.60. The van der Waals surface area contributed by atoms with E-state index in [9.17, 15) is 13.2 Å². The first kappa shape index (κ1) is 24.1. The lowest BCUT2D eigenvalue weighted by Gasteiger charge is -2.29. The summed E-state index contributed by atoms with van der Waals surface area (Å²) in [4.78, 5) is 11.2. The summed E-state index contributed by atoms with van der Waals surface area (Å²) >= 11 is 0. The maximum Gasteiger partial charge on any atom is 0.333 e. The van der Waals surface area contributed by atoms with E-state index >= 15 is 0 Å². The molecule has 25 heavy (non-hydrogen) atoms. The molecule has 0 fully saturated rings. The van der Waals surface area contributed by atoms with Crippen molar-refractivity contribution in [1.29, 1.82) is 0 Å². The first-order valence-corrected chi connectivity index (χ1v) is 10.7. The number of esters is 1. The summed E-state index contributed by atoms with van der Waals surface area (Å²) in [5, 5.41) is 0. The number of rotatable bonds is 15. The average molecular weight is 379 g/mol. The standard InChI is InChI=1S/C18H35NO5S/c1-17(2)18(20)24-15-11-9-7-5-6-8-10-13-19(3,4)14-12-16-25(21,22)23/h1,5-16H2,2-4H3/p+1. The molecule has 0 saturated heterocycles. The largest absolute Gasteiger partial charge is 0.462 e.